The van der Waals surface area contributed by atoms with E-state index >= 15 is 0 Å². The van der Waals surface area contributed by atoms with Crippen molar-refractivity contribution in [2.24, 2.45) is 0 Å². The van der Waals surface area contributed by atoms with Crippen molar-refractivity contribution < 1.29 is 14.4 Å². The van der Waals surface area contributed by atoms with Crippen LogP contribution in [0.1, 0.15) is 33.6 Å². The number of nitrogens with one attached hydrogen (secondary N) is 2. The minimum absolute atomic E-state index is 0.0831. The predicted molar refractivity (Wildman–Crippen MR) is 132 cm³/mol. The second-order valence-corrected chi connectivity index (χ2v) is 8.14. The summed E-state index contributed by atoms with van der Waals surface area (Å²) in [5.41, 5.74) is 8.50. The molecule has 3 amide bonds. The van der Waals surface area contributed by atoms with E-state index in [-0.39, 0.29) is 5.91 Å². The number of hydrogen-bond donors (Lipinski definition) is 2. The molecule has 0 aliphatic carbocycles. The smallest absolute Gasteiger partial charge is 0.273 e. The Morgan fingerprint density at radius 2 is 1.43 bits per heavy atom. The van der Waals surface area contributed by atoms with Crippen LogP contribution in [-0.2, 0) is 4.79 Å². The Labute approximate surface area is 202 Å². The molecule has 8 nitrogen and oxygen atoms in total. The third-order valence-electron chi connectivity index (χ3n) is 5.83. The van der Waals surface area contributed by atoms with Crippen LogP contribution in [-0.4, -0.2) is 34.0 Å². The quantitative estimate of drug-likeness (QED) is 0.439. The molecule has 4 aromatic rings. The van der Waals surface area contributed by atoms with Crippen LogP contribution in [0.5, 0.6) is 0 Å². The van der Waals surface area contributed by atoms with Gasteiger partial charge in [0.15, 0.2) is 0 Å². The van der Waals surface area contributed by atoms with Crippen molar-refractivity contribution in [2.45, 2.75) is 12.8 Å². The Balaban J connectivity index is 1.32. The molecule has 1 aliphatic rings. The van der Waals surface area contributed by atoms with Gasteiger partial charge in [-0.25, -0.2) is 4.68 Å². The summed E-state index contributed by atoms with van der Waals surface area (Å²) in [6, 6.07) is 25.6. The van der Waals surface area contributed by atoms with Crippen molar-refractivity contribution in [3.8, 4) is 16.9 Å². The lowest BCUT2D eigenvalue weighted by molar-refractivity contribution is -0.117. The predicted octanol–water partition coefficient (Wildman–Crippen LogP) is 3.74. The molecular weight excluding hydrogens is 442 g/mol. The number of hydrogen-bond acceptors (Lipinski definition) is 4. The van der Waals surface area contributed by atoms with E-state index in [2.05, 4.69) is 16.0 Å². The van der Waals surface area contributed by atoms with Gasteiger partial charge >= 0.3 is 0 Å². The van der Waals surface area contributed by atoms with E-state index in [9.17, 15) is 14.4 Å². The Morgan fingerprint density at radius 1 is 0.771 bits per heavy atom. The van der Waals surface area contributed by atoms with Crippen LogP contribution in [0.2, 0.25) is 0 Å². The maximum Gasteiger partial charge on any atom is 0.273 e. The number of benzene rings is 3. The summed E-state index contributed by atoms with van der Waals surface area (Å²) in [6.07, 6.45) is 3.01. The average Bonchev–Trinajstić information content (AvgIpc) is 3.55. The molecule has 0 radical (unpaired) electrons. The first-order valence-corrected chi connectivity index (χ1v) is 11.3. The van der Waals surface area contributed by atoms with E-state index < -0.39 is 11.8 Å². The molecule has 0 unspecified atom stereocenters. The summed E-state index contributed by atoms with van der Waals surface area (Å²) in [5.74, 6) is -0.868. The normalized spacial score (nSPS) is 13.0. The number of aromatic nitrogens is 2. The molecule has 8 heteroatoms. The zero-order valence-corrected chi connectivity index (χ0v) is 18.8. The van der Waals surface area contributed by atoms with Crippen molar-refractivity contribution in [3.05, 3.63) is 102 Å². The standard InChI is InChI=1S/C27H23N5O3/c33-24-12-7-17-31(24)21-15-13-20(14-16-21)26(34)28-29-27(35)23-18-32(22-10-5-2-6-11-22)30-25(23)19-8-3-1-4-9-19/h1-6,8-11,13-16,18H,7,12,17H2,(H,28,34)(H,29,35). The third kappa shape index (κ3) is 4.67. The summed E-state index contributed by atoms with van der Waals surface area (Å²) in [7, 11) is 0. The number of para-hydroxylation sites is 1. The first kappa shape index (κ1) is 22.1. The zero-order valence-electron chi connectivity index (χ0n) is 18.8. The highest BCUT2D eigenvalue weighted by atomic mass is 16.2. The van der Waals surface area contributed by atoms with Crippen molar-refractivity contribution in [2.75, 3.05) is 11.4 Å². The highest BCUT2D eigenvalue weighted by Crippen LogP contribution is 2.24. The SMILES string of the molecule is O=C(NNC(=O)c1cn(-c2ccccc2)nc1-c1ccccc1)c1ccc(N2CCCC2=O)cc1. The fourth-order valence-electron chi connectivity index (χ4n) is 4.03. The summed E-state index contributed by atoms with van der Waals surface area (Å²) >= 11 is 0. The molecule has 5 rings (SSSR count). The molecule has 3 aromatic carbocycles. The van der Waals surface area contributed by atoms with Gasteiger partial charge in [0.25, 0.3) is 11.8 Å². The highest BCUT2D eigenvalue weighted by molar-refractivity contribution is 6.02. The van der Waals surface area contributed by atoms with Gasteiger partial charge in [-0.15, -0.1) is 0 Å². The maximum absolute atomic E-state index is 13.1. The van der Waals surface area contributed by atoms with Crippen molar-refractivity contribution in [3.63, 3.8) is 0 Å². The number of rotatable bonds is 5. The minimum atomic E-state index is -0.487. The van der Waals surface area contributed by atoms with E-state index in [4.69, 9.17) is 0 Å². The fourth-order valence-corrected chi connectivity index (χ4v) is 4.03. The summed E-state index contributed by atoms with van der Waals surface area (Å²) in [4.78, 5) is 39.3. The Bertz CT molecular complexity index is 1370. The molecule has 0 atom stereocenters. The lowest BCUT2D eigenvalue weighted by Crippen LogP contribution is -2.41. The number of carbonyl (C=O) groups is 3. The van der Waals surface area contributed by atoms with E-state index in [1.165, 1.54) is 0 Å². The molecule has 2 N–H and O–H groups in total. The number of hydrazine groups is 1. The van der Waals surface area contributed by atoms with Crippen LogP contribution in [0, 0.1) is 0 Å². The van der Waals surface area contributed by atoms with Crippen LogP contribution in [0.15, 0.2) is 91.1 Å². The maximum atomic E-state index is 13.1. The molecule has 174 valence electrons. The Kier molecular flexibility index (Phi) is 6.09. The molecule has 1 aliphatic heterocycles. The van der Waals surface area contributed by atoms with Gasteiger partial charge in [-0.3, -0.25) is 25.2 Å². The van der Waals surface area contributed by atoms with Gasteiger partial charge in [0.2, 0.25) is 5.91 Å². The van der Waals surface area contributed by atoms with Gasteiger partial charge < -0.3 is 4.90 Å². The van der Waals surface area contributed by atoms with Crippen molar-refractivity contribution in [1.29, 1.82) is 0 Å². The molecule has 1 aromatic heterocycles. The molecule has 2 heterocycles. The molecule has 35 heavy (non-hydrogen) atoms. The minimum Gasteiger partial charge on any atom is -0.312 e. The van der Waals surface area contributed by atoms with E-state index in [0.29, 0.717) is 29.8 Å². The van der Waals surface area contributed by atoms with Crippen LogP contribution in [0.4, 0.5) is 5.69 Å². The molecule has 0 saturated carbocycles. The molecule has 0 spiro atoms. The highest BCUT2D eigenvalue weighted by Gasteiger charge is 2.22. The Hall–Kier alpha value is -4.72. The van der Waals surface area contributed by atoms with Gasteiger partial charge in [-0.05, 0) is 42.8 Å². The van der Waals surface area contributed by atoms with Gasteiger partial charge in [0.05, 0.1) is 11.3 Å². The average molecular weight is 466 g/mol. The van der Waals surface area contributed by atoms with Gasteiger partial charge in [0.1, 0.15) is 5.69 Å². The summed E-state index contributed by atoms with van der Waals surface area (Å²) in [6.45, 7) is 0.681. The second-order valence-electron chi connectivity index (χ2n) is 8.14. The van der Waals surface area contributed by atoms with Crippen molar-refractivity contribution in [1.82, 2.24) is 20.6 Å². The van der Waals surface area contributed by atoms with E-state index in [0.717, 1.165) is 23.4 Å². The topological polar surface area (TPSA) is 96.3 Å². The van der Waals surface area contributed by atoms with Gasteiger partial charge in [-0.2, -0.15) is 5.10 Å². The fraction of sp³-hybridized carbons (Fsp3) is 0.111. The molecule has 1 fully saturated rings. The van der Waals surface area contributed by atoms with Crippen LogP contribution < -0.4 is 15.8 Å². The van der Waals surface area contributed by atoms with E-state index in [1.807, 2.05) is 60.7 Å². The third-order valence-corrected chi connectivity index (χ3v) is 5.83. The van der Waals surface area contributed by atoms with Crippen molar-refractivity contribution >= 4 is 23.4 Å². The summed E-state index contributed by atoms with van der Waals surface area (Å²) < 4.78 is 1.64. The number of amides is 3. The number of carbonyl (C=O) groups excluding carboxylic acids is 3. The Morgan fingerprint density at radius 3 is 2.09 bits per heavy atom. The number of nitrogens with zero attached hydrogens (tertiary/aromatic N) is 3. The van der Waals surface area contributed by atoms with Gasteiger partial charge in [0, 0.05) is 36.0 Å². The van der Waals surface area contributed by atoms with E-state index in [1.54, 1.807) is 40.0 Å². The summed E-state index contributed by atoms with van der Waals surface area (Å²) in [5, 5.41) is 4.62. The van der Waals surface area contributed by atoms with Crippen LogP contribution in [0.25, 0.3) is 16.9 Å². The lowest BCUT2D eigenvalue weighted by atomic mass is 10.1. The monoisotopic (exact) mass is 465 g/mol. The second kappa shape index (κ2) is 9.64. The van der Waals surface area contributed by atoms with Gasteiger partial charge in [-0.1, -0.05) is 48.5 Å². The van der Waals surface area contributed by atoms with Crippen LogP contribution >= 0.6 is 0 Å². The molecular formula is C27H23N5O3. The first-order chi connectivity index (χ1) is 17.1. The first-order valence-electron chi connectivity index (χ1n) is 11.3. The molecule has 1 saturated heterocycles. The number of anilines is 1. The molecule has 0 bridgehead atoms. The van der Waals surface area contributed by atoms with Crippen LogP contribution in [0.3, 0.4) is 0 Å². The zero-order chi connectivity index (χ0) is 24.2. The largest absolute Gasteiger partial charge is 0.312 e. The lowest BCUT2D eigenvalue weighted by Gasteiger charge is -2.15.